The van der Waals surface area contributed by atoms with Crippen LogP contribution in [0.2, 0.25) is 5.02 Å². The molecule has 3 heterocycles. The first-order chi connectivity index (χ1) is 18.5. The van der Waals surface area contributed by atoms with Gasteiger partial charge in [-0.1, -0.05) is 72.3 Å². The van der Waals surface area contributed by atoms with Gasteiger partial charge in [0, 0.05) is 34.4 Å². The molecule has 0 saturated carbocycles. The second-order valence-corrected chi connectivity index (χ2v) is 11.1. The van der Waals surface area contributed by atoms with Gasteiger partial charge in [-0.05, 0) is 50.6 Å². The van der Waals surface area contributed by atoms with E-state index in [0.717, 1.165) is 47.6 Å². The normalized spacial score (nSPS) is 11.2. The van der Waals surface area contributed by atoms with Gasteiger partial charge in [-0.25, -0.2) is 4.98 Å². The minimum absolute atomic E-state index is 0.0571. The quantitative estimate of drug-likeness (QED) is 0.198. The van der Waals surface area contributed by atoms with Crippen molar-refractivity contribution in [2.45, 2.75) is 13.1 Å². The molecule has 0 atom stereocenters. The van der Waals surface area contributed by atoms with Crippen LogP contribution in [-0.2, 0) is 13.1 Å². The lowest BCUT2D eigenvalue weighted by atomic mass is 10.1. The third kappa shape index (κ3) is 5.03. The van der Waals surface area contributed by atoms with Crippen molar-refractivity contribution in [3.8, 4) is 11.3 Å². The predicted molar refractivity (Wildman–Crippen MR) is 158 cm³/mol. The molecule has 3 aromatic heterocycles. The number of thiophene rings is 1. The molecule has 9 heteroatoms. The highest BCUT2D eigenvalue weighted by Crippen LogP contribution is 2.30. The fraction of sp³-hybridized carbons (Fsp3) is 0.0690. The van der Waals surface area contributed by atoms with Gasteiger partial charge in [-0.2, -0.15) is 9.61 Å². The molecule has 6 nitrogen and oxygen atoms in total. The van der Waals surface area contributed by atoms with Gasteiger partial charge < -0.3 is 10.6 Å². The number of hydrogen-bond donors (Lipinski definition) is 2. The summed E-state index contributed by atoms with van der Waals surface area (Å²) in [5.41, 5.74) is 4.45. The van der Waals surface area contributed by atoms with E-state index in [4.69, 9.17) is 16.6 Å². The molecule has 0 unspecified atom stereocenters. The molecule has 188 valence electrons. The summed E-state index contributed by atoms with van der Waals surface area (Å²) in [6.45, 7) is 1.06. The van der Waals surface area contributed by atoms with Crippen LogP contribution in [0.25, 0.3) is 27.0 Å². The first-order valence-electron chi connectivity index (χ1n) is 11.9. The summed E-state index contributed by atoms with van der Waals surface area (Å²) in [4.78, 5) is 18.1. The van der Waals surface area contributed by atoms with Gasteiger partial charge in [0.25, 0.3) is 5.91 Å². The summed E-state index contributed by atoms with van der Waals surface area (Å²) in [7, 11) is 0. The summed E-state index contributed by atoms with van der Waals surface area (Å²) < 4.78 is 3.68. The highest BCUT2D eigenvalue weighted by atomic mass is 79.9. The van der Waals surface area contributed by atoms with Gasteiger partial charge in [-0.15, -0.1) is 11.3 Å². The van der Waals surface area contributed by atoms with E-state index >= 15 is 0 Å². The zero-order valence-electron chi connectivity index (χ0n) is 20.0. The van der Waals surface area contributed by atoms with Crippen LogP contribution in [-0.4, -0.2) is 20.5 Å². The summed E-state index contributed by atoms with van der Waals surface area (Å²) in [6, 6.07) is 27.7. The predicted octanol–water partition coefficient (Wildman–Crippen LogP) is 7.57. The van der Waals surface area contributed by atoms with Crippen LogP contribution in [0.5, 0.6) is 0 Å². The minimum atomic E-state index is -0.0571. The average Bonchev–Trinajstić information content (AvgIpc) is 3.55. The molecule has 6 aromatic rings. The average molecular weight is 603 g/mol. The van der Waals surface area contributed by atoms with Crippen molar-refractivity contribution in [2.75, 3.05) is 5.32 Å². The maximum absolute atomic E-state index is 12.6. The number of amides is 1. The maximum Gasteiger partial charge on any atom is 0.261 e. The molecule has 0 bridgehead atoms. The molecule has 1 amide bonds. The van der Waals surface area contributed by atoms with E-state index in [1.165, 1.54) is 11.3 Å². The molecule has 0 aliphatic carbocycles. The zero-order valence-corrected chi connectivity index (χ0v) is 23.1. The summed E-state index contributed by atoms with van der Waals surface area (Å²) in [5.74, 6) is 0.744. The van der Waals surface area contributed by atoms with Crippen LogP contribution in [0.3, 0.4) is 0 Å². The van der Waals surface area contributed by atoms with Gasteiger partial charge >= 0.3 is 0 Å². The number of halogens is 2. The summed E-state index contributed by atoms with van der Waals surface area (Å²) >= 11 is 11.5. The molecule has 6 rings (SSSR count). The molecule has 0 aliphatic rings. The van der Waals surface area contributed by atoms with Crippen molar-refractivity contribution in [1.29, 1.82) is 0 Å². The Bertz CT molecular complexity index is 1750. The van der Waals surface area contributed by atoms with Crippen molar-refractivity contribution in [3.63, 3.8) is 0 Å². The van der Waals surface area contributed by atoms with E-state index in [0.29, 0.717) is 23.8 Å². The monoisotopic (exact) mass is 601 g/mol. The fourth-order valence-corrected chi connectivity index (χ4v) is 5.76. The van der Waals surface area contributed by atoms with Crippen LogP contribution in [0.15, 0.2) is 95.6 Å². The first-order valence-corrected chi connectivity index (χ1v) is 13.9. The van der Waals surface area contributed by atoms with Crippen molar-refractivity contribution in [2.24, 2.45) is 0 Å². The highest BCUT2D eigenvalue weighted by Gasteiger charge is 2.14. The van der Waals surface area contributed by atoms with E-state index in [2.05, 4.69) is 43.8 Å². The van der Waals surface area contributed by atoms with Gasteiger partial charge in [0.2, 0.25) is 0 Å². The molecule has 0 spiro atoms. The van der Waals surface area contributed by atoms with Crippen LogP contribution >= 0.6 is 38.9 Å². The largest absolute Gasteiger partial charge is 0.366 e. The number of anilines is 1. The van der Waals surface area contributed by atoms with Crippen molar-refractivity contribution in [3.05, 3.63) is 117 Å². The number of carbonyl (C=O) groups is 1. The Morgan fingerprint density at radius 1 is 0.947 bits per heavy atom. The number of nitrogens with one attached hydrogen (secondary N) is 2. The molecular weight excluding hydrogens is 582 g/mol. The van der Waals surface area contributed by atoms with E-state index < -0.39 is 0 Å². The molecule has 2 N–H and O–H groups in total. The topological polar surface area (TPSA) is 71.3 Å². The van der Waals surface area contributed by atoms with Gasteiger partial charge in [0.1, 0.15) is 5.82 Å². The third-order valence-corrected chi connectivity index (χ3v) is 8.18. The Kier molecular flexibility index (Phi) is 6.84. The number of rotatable bonds is 7. The number of carbonyl (C=O) groups excluding carboxylic acids is 1. The van der Waals surface area contributed by atoms with E-state index in [1.807, 2.05) is 72.8 Å². The van der Waals surface area contributed by atoms with E-state index in [9.17, 15) is 4.79 Å². The van der Waals surface area contributed by atoms with Crippen molar-refractivity contribution >= 4 is 66.3 Å². The molecule has 0 fully saturated rings. The number of fused-ring (bicyclic) bond motifs is 2. The molecule has 3 aromatic carbocycles. The second-order valence-electron chi connectivity index (χ2n) is 8.74. The molecule has 0 aliphatic heterocycles. The summed E-state index contributed by atoms with van der Waals surface area (Å²) in [5, 5.41) is 12.7. The second kappa shape index (κ2) is 10.6. The van der Waals surface area contributed by atoms with E-state index in [1.54, 1.807) is 10.7 Å². The Morgan fingerprint density at radius 2 is 1.68 bits per heavy atom. The number of hydrogen-bond acceptors (Lipinski definition) is 5. The molecule has 38 heavy (non-hydrogen) atoms. The van der Waals surface area contributed by atoms with Gasteiger partial charge in [-0.3, -0.25) is 4.79 Å². The number of nitrogens with zero attached hydrogens (tertiary/aromatic N) is 3. The van der Waals surface area contributed by atoms with Gasteiger partial charge in [0.15, 0.2) is 5.65 Å². The Morgan fingerprint density at radius 3 is 2.47 bits per heavy atom. The third-order valence-electron chi connectivity index (χ3n) is 6.18. The van der Waals surface area contributed by atoms with Crippen LogP contribution in [0.1, 0.15) is 20.8 Å². The zero-order chi connectivity index (χ0) is 26.1. The van der Waals surface area contributed by atoms with Crippen LogP contribution < -0.4 is 10.6 Å². The first kappa shape index (κ1) is 24.6. The van der Waals surface area contributed by atoms with Gasteiger partial charge in [0.05, 0.1) is 21.2 Å². The standard InChI is InChI=1S/C29H21BrClN5OS/c30-22-17-34-36-27(14-24(35-28(22)36)21-6-2-3-7-23(21)31)32-15-18-9-11-19(12-10-18)16-33-29(37)26-13-20-5-1-4-8-25(20)38-26/h1-14,17,32H,15-16H2,(H,33,37). The van der Waals surface area contributed by atoms with Crippen LogP contribution in [0, 0.1) is 0 Å². The Hall–Kier alpha value is -3.72. The summed E-state index contributed by atoms with van der Waals surface area (Å²) in [6.07, 6.45) is 1.73. The molecule has 0 radical (unpaired) electrons. The smallest absolute Gasteiger partial charge is 0.261 e. The Labute approximate surface area is 236 Å². The molecule has 0 saturated heterocycles. The SMILES string of the molecule is O=C(NCc1ccc(CNc2cc(-c3ccccc3Cl)nc3c(Br)cnn23)cc1)c1cc2ccccc2s1. The number of benzene rings is 3. The molecular formula is C29H21BrClN5OS. The Balaban J connectivity index is 1.14. The number of aromatic nitrogens is 3. The van der Waals surface area contributed by atoms with E-state index in [-0.39, 0.29) is 5.91 Å². The fourth-order valence-electron chi connectivity index (χ4n) is 4.20. The lowest BCUT2D eigenvalue weighted by Crippen LogP contribution is -2.21. The maximum atomic E-state index is 12.6. The lowest BCUT2D eigenvalue weighted by Gasteiger charge is -2.12. The minimum Gasteiger partial charge on any atom is -0.366 e. The lowest BCUT2D eigenvalue weighted by molar-refractivity contribution is 0.0955. The highest BCUT2D eigenvalue weighted by molar-refractivity contribution is 9.10. The van der Waals surface area contributed by atoms with Crippen molar-refractivity contribution in [1.82, 2.24) is 19.9 Å². The van der Waals surface area contributed by atoms with Crippen LogP contribution in [0.4, 0.5) is 5.82 Å². The van der Waals surface area contributed by atoms with Crippen molar-refractivity contribution < 1.29 is 4.79 Å².